The second-order valence-corrected chi connectivity index (χ2v) is 7.25. The number of carbonyl (C=O) groups is 1. The molecular weight excluding hydrogens is 544 g/mol. The van der Waals surface area contributed by atoms with Crippen LogP contribution in [0.3, 0.4) is 0 Å². The highest BCUT2D eigenvalue weighted by Gasteiger charge is 2.37. The molecule has 2 aromatic rings. The lowest BCUT2D eigenvalue weighted by Crippen LogP contribution is -2.25. The van der Waals surface area contributed by atoms with E-state index in [4.69, 9.17) is 4.74 Å². The SMILES string of the molecule is COc1c(I)cc(/C=C2/C(=O)N(c3c(F)c(F)c(F)c(F)c3F)N=C2C)cc1[N+](=O)[O-]. The van der Waals surface area contributed by atoms with E-state index in [-0.39, 0.29) is 27.6 Å². The number of ether oxygens (including phenoxy) is 1. The standard InChI is InChI=1S/C18H9F5IN3O4/c1-6-8(3-7-4-9(24)17(31-2)10(5-7)27(29)30)18(28)26(25-6)16-14(22)12(20)11(19)13(21)15(16)23/h3-5H,1-2H3/b8-3+. The van der Waals surface area contributed by atoms with Crippen molar-refractivity contribution in [3.8, 4) is 5.75 Å². The Kier molecular flexibility index (Phi) is 5.98. The van der Waals surface area contributed by atoms with E-state index in [0.29, 0.717) is 3.57 Å². The molecule has 0 N–H and O–H groups in total. The van der Waals surface area contributed by atoms with Crippen molar-refractivity contribution in [1.29, 1.82) is 0 Å². The lowest BCUT2D eigenvalue weighted by atomic mass is 10.1. The number of nitro groups is 1. The van der Waals surface area contributed by atoms with Crippen LogP contribution in [0, 0.1) is 42.8 Å². The molecule has 162 valence electrons. The molecule has 0 radical (unpaired) electrons. The zero-order valence-corrected chi connectivity index (χ0v) is 17.6. The van der Waals surface area contributed by atoms with Crippen molar-refractivity contribution >= 4 is 51.7 Å². The minimum Gasteiger partial charge on any atom is -0.489 e. The Balaban J connectivity index is 2.12. The second kappa shape index (κ2) is 8.20. The van der Waals surface area contributed by atoms with Crippen LogP contribution in [0.15, 0.2) is 22.8 Å². The predicted molar refractivity (Wildman–Crippen MR) is 107 cm³/mol. The Morgan fingerprint density at radius 1 is 1.10 bits per heavy atom. The van der Waals surface area contributed by atoms with Crippen molar-refractivity contribution in [1.82, 2.24) is 0 Å². The highest BCUT2D eigenvalue weighted by atomic mass is 127. The van der Waals surface area contributed by atoms with Crippen LogP contribution in [0.2, 0.25) is 0 Å². The molecule has 0 saturated heterocycles. The number of rotatable bonds is 4. The number of hydrogen-bond acceptors (Lipinski definition) is 5. The number of halogens is 6. The van der Waals surface area contributed by atoms with Crippen molar-refractivity contribution in [2.75, 3.05) is 12.1 Å². The zero-order chi connectivity index (χ0) is 23.2. The van der Waals surface area contributed by atoms with Crippen molar-refractivity contribution in [3.63, 3.8) is 0 Å². The van der Waals surface area contributed by atoms with Gasteiger partial charge in [-0.3, -0.25) is 14.9 Å². The van der Waals surface area contributed by atoms with E-state index in [2.05, 4.69) is 5.10 Å². The van der Waals surface area contributed by atoms with Gasteiger partial charge in [-0.15, -0.1) is 0 Å². The predicted octanol–water partition coefficient (Wildman–Crippen LogP) is 4.71. The first-order valence-corrected chi connectivity index (χ1v) is 9.22. The second-order valence-electron chi connectivity index (χ2n) is 6.09. The van der Waals surface area contributed by atoms with Gasteiger partial charge < -0.3 is 4.74 Å². The lowest BCUT2D eigenvalue weighted by molar-refractivity contribution is -0.385. The maximum atomic E-state index is 14.1. The van der Waals surface area contributed by atoms with Gasteiger partial charge in [0.15, 0.2) is 23.3 Å². The Morgan fingerprint density at radius 3 is 2.16 bits per heavy atom. The molecule has 0 bridgehead atoms. The fourth-order valence-corrected chi connectivity index (χ4v) is 3.66. The van der Waals surface area contributed by atoms with E-state index in [0.717, 1.165) is 12.1 Å². The molecule has 31 heavy (non-hydrogen) atoms. The summed E-state index contributed by atoms with van der Waals surface area (Å²) in [5, 5.41) is 14.9. The number of anilines is 1. The maximum Gasteiger partial charge on any atom is 0.312 e. The first-order chi connectivity index (χ1) is 14.5. The van der Waals surface area contributed by atoms with E-state index in [1.165, 1.54) is 20.1 Å². The zero-order valence-electron chi connectivity index (χ0n) is 15.5. The molecule has 0 unspecified atom stereocenters. The van der Waals surface area contributed by atoms with Gasteiger partial charge >= 0.3 is 5.69 Å². The quantitative estimate of drug-likeness (QED) is 0.105. The molecule has 7 nitrogen and oxygen atoms in total. The molecular formula is C18H9F5IN3O4. The molecule has 1 heterocycles. The Labute approximate surface area is 184 Å². The van der Waals surface area contributed by atoms with E-state index in [9.17, 15) is 36.9 Å². The van der Waals surface area contributed by atoms with Gasteiger partial charge in [0.05, 0.1) is 26.9 Å². The molecule has 0 aliphatic carbocycles. The van der Waals surface area contributed by atoms with Gasteiger partial charge in [-0.25, -0.2) is 22.0 Å². The largest absolute Gasteiger partial charge is 0.489 e. The number of nitro benzene ring substituents is 1. The average molecular weight is 553 g/mol. The molecule has 0 atom stereocenters. The number of carbonyl (C=O) groups excluding carboxylic acids is 1. The summed E-state index contributed by atoms with van der Waals surface area (Å²) in [5.74, 6) is -12.5. The molecule has 1 amide bonds. The van der Waals surface area contributed by atoms with Crippen LogP contribution < -0.4 is 9.75 Å². The average Bonchev–Trinajstić information content (AvgIpc) is 2.98. The minimum absolute atomic E-state index is 0.0149. The molecule has 3 rings (SSSR count). The van der Waals surface area contributed by atoms with E-state index in [1.807, 2.05) is 0 Å². The number of methoxy groups -OCH3 is 1. The summed E-state index contributed by atoms with van der Waals surface area (Å²) in [7, 11) is 1.24. The van der Waals surface area contributed by atoms with Crippen LogP contribution in [-0.4, -0.2) is 23.7 Å². The fourth-order valence-electron chi connectivity index (χ4n) is 2.80. The van der Waals surface area contributed by atoms with Crippen LogP contribution >= 0.6 is 22.6 Å². The maximum absolute atomic E-state index is 14.1. The molecule has 0 fully saturated rings. The molecule has 0 aromatic heterocycles. The number of nitrogens with zero attached hydrogens (tertiary/aromatic N) is 3. The molecule has 0 saturated carbocycles. The summed E-state index contributed by atoms with van der Waals surface area (Å²) in [6, 6.07) is 2.52. The summed E-state index contributed by atoms with van der Waals surface area (Å²) in [6.45, 7) is 1.26. The molecule has 2 aromatic carbocycles. The van der Waals surface area contributed by atoms with Gasteiger partial charge in [-0.05, 0) is 47.2 Å². The number of amides is 1. The smallest absolute Gasteiger partial charge is 0.312 e. The summed E-state index contributed by atoms with van der Waals surface area (Å²) >= 11 is 1.77. The Hall–Kier alpha value is -3.10. The van der Waals surface area contributed by atoms with E-state index < -0.39 is 51.3 Å². The molecule has 1 aliphatic rings. The van der Waals surface area contributed by atoms with Gasteiger partial charge in [0.2, 0.25) is 11.6 Å². The topological polar surface area (TPSA) is 85.0 Å². The van der Waals surface area contributed by atoms with Gasteiger partial charge in [0.25, 0.3) is 5.91 Å². The normalized spacial score (nSPS) is 15.0. The third kappa shape index (κ3) is 3.73. The summed E-state index contributed by atoms with van der Waals surface area (Å²) in [6.07, 6.45) is 1.14. The summed E-state index contributed by atoms with van der Waals surface area (Å²) in [5.41, 5.74) is -2.16. The van der Waals surface area contributed by atoms with Crippen LogP contribution in [0.5, 0.6) is 5.75 Å². The van der Waals surface area contributed by atoms with Crippen molar-refractivity contribution in [3.05, 3.63) is 66.0 Å². The van der Waals surface area contributed by atoms with Crippen LogP contribution in [0.25, 0.3) is 6.08 Å². The van der Waals surface area contributed by atoms with Crippen molar-refractivity contribution in [2.45, 2.75) is 6.92 Å². The van der Waals surface area contributed by atoms with Gasteiger partial charge in [0, 0.05) is 6.07 Å². The van der Waals surface area contributed by atoms with E-state index in [1.54, 1.807) is 22.6 Å². The van der Waals surface area contributed by atoms with Gasteiger partial charge in [-0.2, -0.15) is 10.1 Å². The van der Waals surface area contributed by atoms with Crippen LogP contribution in [0.4, 0.5) is 33.3 Å². The highest BCUT2D eigenvalue weighted by Crippen LogP contribution is 2.36. The van der Waals surface area contributed by atoms with Crippen molar-refractivity contribution in [2.24, 2.45) is 5.10 Å². The third-order valence-electron chi connectivity index (χ3n) is 4.22. The first kappa shape index (κ1) is 22.6. The monoisotopic (exact) mass is 553 g/mol. The first-order valence-electron chi connectivity index (χ1n) is 8.14. The minimum atomic E-state index is -2.37. The number of hydrazone groups is 1. The molecule has 13 heteroatoms. The molecule has 1 aliphatic heterocycles. The summed E-state index contributed by atoms with van der Waals surface area (Å²) in [4.78, 5) is 23.2. The summed E-state index contributed by atoms with van der Waals surface area (Å²) < 4.78 is 73.8. The van der Waals surface area contributed by atoms with Crippen LogP contribution in [0.1, 0.15) is 12.5 Å². The van der Waals surface area contributed by atoms with Crippen molar-refractivity contribution < 1.29 is 36.4 Å². The highest BCUT2D eigenvalue weighted by molar-refractivity contribution is 14.1. The molecule has 0 spiro atoms. The Bertz CT molecular complexity index is 1190. The third-order valence-corrected chi connectivity index (χ3v) is 5.02. The lowest BCUT2D eigenvalue weighted by Gasteiger charge is -2.15. The Morgan fingerprint density at radius 2 is 1.65 bits per heavy atom. The van der Waals surface area contributed by atoms with Crippen LogP contribution in [-0.2, 0) is 4.79 Å². The van der Waals surface area contributed by atoms with E-state index >= 15 is 0 Å². The number of benzene rings is 2. The van der Waals surface area contributed by atoms with Gasteiger partial charge in [0.1, 0.15) is 5.69 Å². The fraction of sp³-hybridized carbons (Fsp3) is 0.111. The number of hydrogen-bond donors (Lipinski definition) is 0. The van der Waals surface area contributed by atoms with Gasteiger partial charge in [-0.1, -0.05) is 0 Å².